The van der Waals surface area contributed by atoms with Crippen LogP contribution in [0.3, 0.4) is 0 Å². The summed E-state index contributed by atoms with van der Waals surface area (Å²) in [6, 6.07) is 5.66. The summed E-state index contributed by atoms with van der Waals surface area (Å²) >= 11 is 0. The molecule has 0 aliphatic carbocycles. The number of hydrogen-bond donors (Lipinski definition) is 1. The lowest BCUT2D eigenvalue weighted by Gasteiger charge is -2.34. The summed E-state index contributed by atoms with van der Waals surface area (Å²) in [7, 11) is 3.55. The highest BCUT2D eigenvalue weighted by Crippen LogP contribution is 2.37. The maximum absolute atomic E-state index is 12.0. The Bertz CT molecular complexity index is 544. The van der Waals surface area contributed by atoms with E-state index in [9.17, 15) is 4.79 Å². The van der Waals surface area contributed by atoms with Crippen molar-refractivity contribution in [3.05, 3.63) is 23.8 Å². The quantitative estimate of drug-likeness (QED) is 0.916. The first-order valence-corrected chi connectivity index (χ1v) is 7.52. The van der Waals surface area contributed by atoms with Crippen molar-refractivity contribution in [3.63, 3.8) is 0 Å². The minimum absolute atomic E-state index is 0.0296. The third-order valence-corrected chi connectivity index (χ3v) is 4.59. The lowest BCUT2D eigenvalue weighted by molar-refractivity contribution is -0.118. The molecule has 0 spiro atoms. The summed E-state index contributed by atoms with van der Waals surface area (Å²) in [5.74, 6) is 0.552. The molecule has 1 amide bonds. The number of carbonyl (C=O) groups excluding carboxylic acids is 1. The van der Waals surface area contributed by atoms with E-state index in [0.29, 0.717) is 5.92 Å². The van der Waals surface area contributed by atoms with Crippen molar-refractivity contribution in [3.8, 4) is 0 Å². The number of piperidine rings is 1. The summed E-state index contributed by atoms with van der Waals surface area (Å²) in [6.07, 6.45) is 2.40. The van der Waals surface area contributed by atoms with Crippen LogP contribution in [0.5, 0.6) is 0 Å². The second kappa shape index (κ2) is 5.66. The smallest absolute Gasteiger partial charge is 0.248 e. The maximum atomic E-state index is 12.0. The predicted molar refractivity (Wildman–Crippen MR) is 83.6 cm³/mol. The Balaban J connectivity index is 1.83. The van der Waals surface area contributed by atoms with Crippen molar-refractivity contribution in [2.24, 2.45) is 11.7 Å². The summed E-state index contributed by atoms with van der Waals surface area (Å²) in [4.78, 5) is 16.0. The zero-order chi connectivity index (χ0) is 15.0. The SMILES string of the molecule is COCC1CCCN(c2ccc3c(c2)N(C)C(=O)C3N)C1. The molecule has 114 valence electrons. The molecule has 0 bridgehead atoms. The first kappa shape index (κ1) is 14.4. The number of nitrogens with zero attached hydrogens (tertiary/aromatic N) is 2. The fraction of sp³-hybridized carbons (Fsp3) is 0.562. The van der Waals surface area contributed by atoms with Gasteiger partial charge in [-0.3, -0.25) is 4.79 Å². The standard InChI is InChI=1S/C16H23N3O2/c1-18-14-8-12(5-6-13(14)15(17)16(18)20)19-7-3-4-11(9-19)10-21-2/h5-6,8,11,15H,3-4,7,9-10,17H2,1-2H3. The average molecular weight is 289 g/mol. The number of likely N-dealkylation sites (N-methyl/N-ethyl adjacent to an activating group) is 1. The number of ether oxygens (including phenoxy) is 1. The van der Waals surface area contributed by atoms with Gasteiger partial charge in [-0.15, -0.1) is 0 Å². The van der Waals surface area contributed by atoms with Crippen LogP contribution in [-0.4, -0.2) is 39.8 Å². The molecular formula is C16H23N3O2. The first-order chi connectivity index (χ1) is 10.1. The van der Waals surface area contributed by atoms with E-state index in [1.54, 1.807) is 19.1 Å². The van der Waals surface area contributed by atoms with Crippen LogP contribution in [0.25, 0.3) is 0 Å². The zero-order valence-corrected chi connectivity index (χ0v) is 12.7. The number of hydrogen-bond acceptors (Lipinski definition) is 4. The molecule has 1 aromatic carbocycles. The fourth-order valence-corrected chi connectivity index (χ4v) is 3.41. The fourth-order valence-electron chi connectivity index (χ4n) is 3.41. The lowest BCUT2D eigenvalue weighted by Crippen LogP contribution is -2.37. The zero-order valence-electron chi connectivity index (χ0n) is 12.7. The number of amides is 1. The highest BCUT2D eigenvalue weighted by molar-refractivity contribution is 6.04. The van der Waals surface area contributed by atoms with E-state index in [2.05, 4.69) is 17.0 Å². The first-order valence-electron chi connectivity index (χ1n) is 7.52. The van der Waals surface area contributed by atoms with Crippen LogP contribution in [-0.2, 0) is 9.53 Å². The van der Waals surface area contributed by atoms with E-state index >= 15 is 0 Å². The van der Waals surface area contributed by atoms with Crippen LogP contribution >= 0.6 is 0 Å². The van der Waals surface area contributed by atoms with Gasteiger partial charge in [-0.2, -0.15) is 0 Å². The summed E-state index contributed by atoms with van der Waals surface area (Å²) in [5.41, 5.74) is 8.99. The minimum atomic E-state index is -0.512. The van der Waals surface area contributed by atoms with Crippen molar-refractivity contribution >= 4 is 17.3 Å². The Labute approximate surface area is 125 Å². The van der Waals surface area contributed by atoms with Crippen molar-refractivity contribution in [2.75, 3.05) is 43.7 Å². The molecule has 0 saturated carbocycles. The molecule has 0 radical (unpaired) electrons. The molecule has 2 heterocycles. The van der Waals surface area contributed by atoms with Gasteiger partial charge in [-0.1, -0.05) is 6.07 Å². The summed E-state index contributed by atoms with van der Waals surface area (Å²) < 4.78 is 5.29. The van der Waals surface area contributed by atoms with E-state index in [4.69, 9.17) is 10.5 Å². The van der Waals surface area contributed by atoms with Gasteiger partial charge < -0.3 is 20.3 Å². The van der Waals surface area contributed by atoms with Crippen LogP contribution in [0.4, 0.5) is 11.4 Å². The van der Waals surface area contributed by atoms with E-state index in [1.165, 1.54) is 18.5 Å². The molecule has 2 aliphatic heterocycles. The van der Waals surface area contributed by atoms with Crippen LogP contribution in [0, 0.1) is 5.92 Å². The Morgan fingerprint density at radius 2 is 2.24 bits per heavy atom. The predicted octanol–water partition coefficient (Wildman–Crippen LogP) is 1.53. The summed E-state index contributed by atoms with van der Waals surface area (Å²) in [5, 5.41) is 0. The topological polar surface area (TPSA) is 58.8 Å². The molecular weight excluding hydrogens is 266 g/mol. The molecule has 1 saturated heterocycles. The molecule has 2 unspecified atom stereocenters. The second-order valence-electron chi connectivity index (χ2n) is 6.03. The van der Waals surface area contributed by atoms with Gasteiger partial charge in [0.05, 0.1) is 12.3 Å². The average Bonchev–Trinajstić information content (AvgIpc) is 2.72. The molecule has 2 N–H and O–H groups in total. The number of carbonyl (C=O) groups is 1. The van der Waals surface area contributed by atoms with Crippen molar-refractivity contribution in [1.29, 1.82) is 0 Å². The molecule has 1 fully saturated rings. The normalized spacial score (nSPS) is 25.4. The number of nitrogens with two attached hydrogens (primary N) is 1. The molecule has 2 atom stereocenters. The van der Waals surface area contributed by atoms with Crippen molar-refractivity contribution < 1.29 is 9.53 Å². The van der Waals surface area contributed by atoms with Gasteiger partial charge in [-0.25, -0.2) is 0 Å². The van der Waals surface area contributed by atoms with Gasteiger partial charge in [0.15, 0.2) is 0 Å². The number of benzene rings is 1. The highest BCUT2D eigenvalue weighted by Gasteiger charge is 2.33. The molecule has 5 nitrogen and oxygen atoms in total. The van der Waals surface area contributed by atoms with Crippen LogP contribution in [0.2, 0.25) is 0 Å². The summed E-state index contributed by atoms with van der Waals surface area (Å²) in [6.45, 7) is 2.88. The van der Waals surface area contributed by atoms with E-state index in [1.807, 2.05) is 6.07 Å². The van der Waals surface area contributed by atoms with Gasteiger partial charge in [-0.05, 0) is 30.9 Å². The molecule has 5 heteroatoms. The van der Waals surface area contributed by atoms with Crippen LogP contribution < -0.4 is 15.5 Å². The highest BCUT2D eigenvalue weighted by atomic mass is 16.5. The third kappa shape index (κ3) is 2.51. The van der Waals surface area contributed by atoms with E-state index in [0.717, 1.165) is 30.9 Å². The van der Waals surface area contributed by atoms with Crippen LogP contribution in [0.15, 0.2) is 18.2 Å². The van der Waals surface area contributed by atoms with E-state index < -0.39 is 6.04 Å². The molecule has 1 aromatic rings. The molecule has 0 aromatic heterocycles. The number of anilines is 2. The van der Waals surface area contributed by atoms with Gasteiger partial charge in [0, 0.05) is 38.5 Å². The largest absolute Gasteiger partial charge is 0.384 e. The maximum Gasteiger partial charge on any atom is 0.248 e. The molecule has 2 aliphatic rings. The Kier molecular flexibility index (Phi) is 3.87. The minimum Gasteiger partial charge on any atom is -0.384 e. The van der Waals surface area contributed by atoms with E-state index in [-0.39, 0.29) is 5.91 Å². The van der Waals surface area contributed by atoms with Gasteiger partial charge >= 0.3 is 0 Å². The lowest BCUT2D eigenvalue weighted by atomic mass is 9.98. The van der Waals surface area contributed by atoms with Gasteiger partial charge in [0.2, 0.25) is 5.91 Å². The Morgan fingerprint density at radius 1 is 1.43 bits per heavy atom. The number of fused-ring (bicyclic) bond motifs is 1. The second-order valence-corrected chi connectivity index (χ2v) is 6.03. The van der Waals surface area contributed by atoms with Crippen molar-refractivity contribution in [1.82, 2.24) is 0 Å². The third-order valence-electron chi connectivity index (χ3n) is 4.59. The van der Waals surface area contributed by atoms with Gasteiger partial charge in [0.25, 0.3) is 0 Å². The number of rotatable bonds is 3. The number of methoxy groups -OCH3 is 1. The Morgan fingerprint density at radius 3 is 3.00 bits per heavy atom. The molecule has 3 rings (SSSR count). The van der Waals surface area contributed by atoms with Crippen LogP contribution in [0.1, 0.15) is 24.4 Å². The van der Waals surface area contributed by atoms with Gasteiger partial charge in [0.1, 0.15) is 6.04 Å². The Hall–Kier alpha value is -1.59. The monoisotopic (exact) mass is 289 g/mol. The molecule has 21 heavy (non-hydrogen) atoms. The van der Waals surface area contributed by atoms with Crippen molar-refractivity contribution in [2.45, 2.75) is 18.9 Å².